The molecule has 0 aromatic heterocycles. The smallest absolute Gasteiger partial charge is 0.186 e. The molecule has 18 heavy (non-hydrogen) atoms. The van der Waals surface area contributed by atoms with Crippen LogP contribution in [0.1, 0.15) is 6.42 Å². The van der Waals surface area contributed by atoms with E-state index < -0.39 is 43.4 Å². The van der Waals surface area contributed by atoms with Gasteiger partial charge in [-0.05, 0) is 13.0 Å². The van der Waals surface area contributed by atoms with Crippen molar-refractivity contribution in [1.82, 2.24) is 0 Å². The van der Waals surface area contributed by atoms with Crippen LogP contribution in [0.5, 0.6) is 0 Å². The first kappa shape index (κ1) is 15.7. The van der Waals surface area contributed by atoms with E-state index in [1.54, 1.807) is 0 Å². The number of nitrogens with two attached hydrogens (primary N) is 1. The molecule has 108 valence electrons. The lowest BCUT2D eigenvalue weighted by Gasteiger charge is -2.41. The Kier molecular flexibility index (Phi) is 6.39. The molecule has 0 spiro atoms. The van der Waals surface area contributed by atoms with Crippen LogP contribution in [0.2, 0.25) is 0 Å². The highest BCUT2D eigenvalue weighted by molar-refractivity contribution is 4.92. The lowest BCUT2D eigenvalue weighted by Crippen LogP contribution is -2.61. The Morgan fingerprint density at radius 1 is 1.17 bits per heavy atom. The molecule has 0 saturated carbocycles. The van der Waals surface area contributed by atoms with Crippen molar-refractivity contribution in [3.05, 3.63) is 0 Å². The second-order valence-electron chi connectivity index (χ2n) is 4.20. The molecule has 1 heterocycles. The molecular formula is C10H21NO7. The Morgan fingerprint density at radius 2 is 1.83 bits per heavy atom. The quantitative estimate of drug-likeness (QED) is 0.272. The highest BCUT2D eigenvalue weighted by atomic mass is 16.7. The average Bonchev–Trinajstić information content (AvgIpc) is 2.38. The van der Waals surface area contributed by atoms with Crippen molar-refractivity contribution in [3.63, 3.8) is 0 Å². The Balaban J connectivity index is 2.62. The molecule has 0 bridgehead atoms. The van der Waals surface area contributed by atoms with Gasteiger partial charge in [0, 0.05) is 0 Å². The number of ether oxygens (including phenoxy) is 2. The minimum atomic E-state index is -1.52. The van der Waals surface area contributed by atoms with Crippen LogP contribution in [0.3, 0.4) is 0 Å². The van der Waals surface area contributed by atoms with E-state index in [0.29, 0.717) is 13.0 Å². The molecular weight excluding hydrogens is 246 g/mol. The third kappa shape index (κ3) is 3.59. The number of hydrogen-bond acceptors (Lipinski definition) is 8. The third-order valence-electron chi connectivity index (χ3n) is 2.80. The fraction of sp³-hybridized carbons (Fsp3) is 1.00. The maximum Gasteiger partial charge on any atom is 0.186 e. The summed E-state index contributed by atoms with van der Waals surface area (Å²) in [5.74, 6) is 0. The molecule has 0 aliphatic carbocycles. The summed E-state index contributed by atoms with van der Waals surface area (Å²) in [6.07, 6.45) is -7.69. The van der Waals surface area contributed by atoms with Crippen molar-refractivity contribution in [2.24, 2.45) is 5.73 Å². The van der Waals surface area contributed by atoms with Crippen LogP contribution in [0.25, 0.3) is 0 Å². The van der Waals surface area contributed by atoms with E-state index in [1.807, 2.05) is 0 Å². The highest BCUT2D eigenvalue weighted by Gasteiger charge is 2.46. The summed E-state index contributed by atoms with van der Waals surface area (Å²) in [5, 5.41) is 47.1. The Morgan fingerprint density at radius 3 is 2.39 bits per heavy atom. The molecule has 0 unspecified atom stereocenters. The van der Waals surface area contributed by atoms with Crippen molar-refractivity contribution in [1.29, 1.82) is 0 Å². The minimum absolute atomic E-state index is 0.211. The third-order valence-corrected chi connectivity index (χ3v) is 2.80. The van der Waals surface area contributed by atoms with Gasteiger partial charge in [-0.2, -0.15) is 0 Å². The largest absolute Gasteiger partial charge is 0.394 e. The van der Waals surface area contributed by atoms with Gasteiger partial charge in [0.2, 0.25) is 0 Å². The van der Waals surface area contributed by atoms with E-state index in [4.69, 9.17) is 20.3 Å². The lowest BCUT2D eigenvalue weighted by atomic mass is 9.95. The minimum Gasteiger partial charge on any atom is -0.394 e. The zero-order chi connectivity index (χ0) is 13.7. The van der Waals surface area contributed by atoms with Gasteiger partial charge in [-0.25, -0.2) is 0 Å². The van der Waals surface area contributed by atoms with Crippen LogP contribution in [0.15, 0.2) is 0 Å². The van der Waals surface area contributed by atoms with E-state index in [2.05, 4.69) is 0 Å². The maximum absolute atomic E-state index is 9.64. The molecule has 6 atom stereocenters. The number of aliphatic hydroxyl groups is 5. The summed E-state index contributed by atoms with van der Waals surface area (Å²) in [6, 6.07) is 0. The van der Waals surface area contributed by atoms with E-state index in [9.17, 15) is 20.4 Å². The monoisotopic (exact) mass is 267 g/mol. The number of aliphatic hydroxyl groups excluding tert-OH is 5. The zero-order valence-corrected chi connectivity index (χ0v) is 9.92. The predicted octanol–water partition coefficient (Wildman–Crippen LogP) is -3.49. The van der Waals surface area contributed by atoms with Crippen molar-refractivity contribution in [3.8, 4) is 0 Å². The fourth-order valence-corrected chi connectivity index (χ4v) is 1.72. The van der Waals surface area contributed by atoms with Crippen LogP contribution >= 0.6 is 0 Å². The van der Waals surface area contributed by atoms with Crippen LogP contribution in [-0.2, 0) is 9.47 Å². The summed E-state index contributed by atoms with van der Waals surface area (Å²) in [6.45, 7) is -0.0280. The molecule has 0 aromatic carbocycles. The van der Waals surface area contributed by atoms with Gasteiger partial charge in [0.05, 0.1) is 13.2 Å². The van der Waals surface area contributed by atoms with Crippen LogP contribution in [0, 0.1) is 0 Å². The van der Waals surface area contributed by atoms with Gasteiger partial charge >= 0.3 is 0 Å². The second kappa shape index (κ2) is 7.31. The average molecular weight is 267 g/mol. The van der Waals surface area contributed by atoms with Crippen molar-refractivity contribution in [2.45, 2.75) is 43.2 Å². The topological polar surface area (TPSA) is 146 Å². The molecule has 0 amide bonds. The zero-order valence-electron chi connectivity index (χ0n) is 9.92. The molecule has 7 N–H and O–H groups in total. The first-order valence-corrected chi connectivity index (χ1v) is 5.83. The molecule has 8 nitrogen and oxygen atoms in total. The molecule has 1 aliphatic rings. The molecule has 1 fully saturated rings. The van der Waals surface area contributed by atoms with E-state index in [0.717, 1.165) is 0 Å². The number of rotatable bonds is 6. The van der Waals surface area contributed by atoms with Gasteiger partial charge in [0.25, 0.3) is 0 Å². The summed E-state index contributed by atoms with van der Waals surface area (Å²) in [7, 11) is 0. The molecule has 0 aromatic rings. The molecule has 0 radical (unpaired) electrons. The summed E-state index contributed by atoms with van der Waals surface area (Å²) >= 11 is 0. The summed E-state index contributed by atoms with van der Waals surface area (Å²) < 4.78 is 10.3. The Labute approximate surface area is 105 Å². The molecule has 1 saturated heterocycles. The number of hydrogen-bond donors (Lipinski definition) is 6. The first-order chi connectivity index (χ1) is 8.52. The van der Waals surface area contributed by atoms with Gasteiger partial charge in [0.15, 0.2) is 6.29 Å². The van der Waals surface area contributed by atoms with Crippen LogP contribution < -0.4 is 5.73 Å². The Hall–Kier alpha value is -0.320. The van der Waals surface area contributed by atoms with Gasteiger partial charge in [-0.3, -0.25) is 0 Å². The fourth-order valence-electron chi connectivity index (χ4n) is 1.72. The van der Waals surface area contributed by atoms with Crippen molar-refractivity contribution < 1.29 is 35.0 Å². The first-order valence-electron chi connectivity index (χ1n) is 5.83. The predicted molar refractivity (Wildman–Crippen MR) is 59.4 cm³/mol. The standard InChI is InChI=1S/C10H21NO7/c11-2-1-3-17-10-8(16)6(14)7(15)9(18-10)5(13)4-12/h5-10,12-16H,1-4,11H2/t5-,6-,7-,8-,9+,10+/m0/s1. The molecule has 1 rings (SSSR count). The summed E-state index contributed by atoms with van der Waals surface area (Å²) in [4.78, 5) is 0. The normalized spacial score (nSPS) is 38.7. The van der Waals surface area contributed by atoms with Gasteiger partial charge in [-0.15, -0.1) is 0 Å². The summed E-state index contributed by atoms with van der Waals surface area (Å²) in [5.41, 5.74) is 5.28. The SMILES string of the molecule is NCCCO[C@@H]1O[C@H]([C@@H](O)CO)[C@@H](O)[C@H](O)[C@@H]1O. The molecule has 8 heteroatoms. The maximum atomic E-state index is 9.64. The second-order valence-corrected chi connectivity index (χ2v) is 4.20. The van der Waals surface area contributed by atoms with Gasteiger partial charge < -0.3 is 40.7 Å². The van der Waals surface area contributed by atoms with Crippen LogP contribution in [-0.4, -0.2) is 82.1 Å². The highest BCUT2D eigenvalue weighted by Crippen LogP contribution is 2.24. The van der Waals surface area contributed by atoms with E-state index in [1.165, 1.54) is 0 Å². The lowest BCUT2D eigenvalue weighted by molar-refractivity contribution is -0.311. The van der Waals surface area contributed by atoms with Gasteiger partial charge in [0.1, 0.15) is 30.5 Å². The molecule has 1 aliphatic heterocycles. The van der Waals surface area contributed by atoms with Crippen molar-refractivity contribution in [2.75, 3.05) is 19.8 Å². The van der Waals surface area contributed by atoms with E-state index >= 15 is 0 Å². The van der Waals surface area contributed by atoms with Gasteiger partial charge in [-0.1, -0.05) is 0 Å². The van der Waals surface area contributed by atoms with Crippen LogP contribution in [0.4, 0.5) is 0 Å². The van der Waals surface area contributed by atoms with E-state index in [-0.39, 0.29) is 6.61 Å². The Bertz CT molecular complexity index is 242. The van der Waals surface area contributed by atoms with Crippen molar-refractivity contribution >= 4 is 0 Å².